The van der Waals surface area contributed by atoms with E-state index >= 15 is 0 Å². The van der Waals surface area contributed by atoms with E-state index in [4.69, 9.17) is 0 Å². The fourth-order valence-corrected chi connectivity index (χ4v) is 3.85. The highest BCUT2D eigenvalue weighted by molar-refractivity contribution is 5.71. The normalized spacial score (nSPS) is 23.9. The monoisotopic (exact) mass is 278 g/mol. The zero-order valence-electron chi connectivity index (χ0n) is 12.3. The van der Waals surface area contributed by atoms with Crippen LogP contribution in [0.15, 0.2) is 54.6 Å². The van der Waals surface area contributed by atoms with Crippen LogP contribution in [-0.4, -0.2) is 12.6 Å². The average Bonchev–Trinajstić information content (AvgIpc) is 2.90. The minimum atomic E-state index is 0.659. The maximum absolute atomic E-state index is 3.80. The molecule has 0 unspecified atom stereocenters. The molecule has 0 bridgehead atoms. The van der Waals surface area contributed by atoms with Gasteiger partial charge < -0.3 is 10.2 Å². The second-order valence-electron chi connectivity index (χ2n) is 6.33. The molecule has 0 aromatic heterocycles. The van der Waals surface area contributed by atoms with E-state index in [9.17, 15) is 0 Å². The van der Waals surface area contributed by atoms with Crippen LogP contribution in [0.4, 0.5) is 11.4 Å². The molecule has 0 amide bonds. The first-order chi connectivity index (χ1) is 10.4. The Hall–Kier alpha value is -1.96. The highest BCUT2D eigenvalue weighted by Gasteiger charge is 2.32. The SMILES string of the molecule is c1ccc(CN2C[C@H]3CCC[C@H]3Nc3ccccc32)cc1. The van der Waals surface area contributed by atoms with Gasteiger partial charge in [0.25, 0.3) is 0 Å². The van der Waals surface area contributed by atoms with Crippen LogP contribution in [0.1, 0.15) is 24.8 Å². The van der Waals surface area contributed by atoms with E-state index in [1.165, 1.54) is 42.7 Å². The van der Waals surface area contributed by atoms with Gasteiger partial charge in [0.15, 0.2) is 0 Å². The molecule has 1 aliphatic carbocycles. The Morgan fingerprint density at radius 3 is 2.67 bits per heavy atom. The molecule has 1 aliphatic heterocycles. The molecule has 21 heavy (non-hydrogen) atoms. The van der Waals surface area contributed by atoms with Gasteiger partial charge in [-0.2, -0.15) is 0 Å². The van der Waals surface area contributed by atoms with Gasteiger partial charge in [0.05, 0.1) is 11.4 Å². The van der Waals surface area contributed by atoms with Crippen molar-refractivity contribution in [1.29, 1.82) is 0 Å². The molecule has 1 N–H and O–H groups in total. The van der Waals surface area contributed by atoms with E-state index in [0.717, 1.165) is 12.5 Å². The molecule has 108 valence electrons. The largest absolute Gasteiger partial charge is 0.380 e. The third-order valence-corrected chi connectivity index (χ3v) is 4.92. The van der Waals surface area contributed by atoms with Gasteiger partial charge in [0, 0.05) is 19.1 Å². The first-order valence-electron chi connectivity index (χ1n) is 8.04. The zero-order valence-corrected chi connectivity index (χ0v) is 12.3. The maximum atomic E-state index is 3.80. The predicted octanol–water partition coefficient (Wildman–Crippen LogP) is 4.29. The zero-order chi connectivity index (χ0) is 14.1. The van der Waals surface area contributed by atoms with Crippen molar-refractivity contribution in [2.75, 3.05) is 16.8 Å². The van der Waals surface area contributed by atoms with Gasteiger partial charge >= 0.3 is 0 Å². The van der Waals surface area contributed by atoms with Crippen molar-refractivity contribution in [3.63, 3.8) is 0 Å². The number of hydrogen-bond acceptors (Lipinski definition) is 2. The van der Waals surface area contributed by atoms with Gasteiger partial charge in [-0.3, -0.25) is 0 Å². The molecular formula is C19H22N2. The molecule has 1 fully saturated rings. The summed E-state index contributed by atoms with van der Waals surface area (Å²) in [7, 11) is 0. The van der Waals surface area contributed by atoms with E-state index in [-0.39, 0.29) is 0 Å². The second kappa shape index (κ2) is 5.44. The number of para-hydroxylation sites is 2. The molecule has 0 radical (unpaired) electrons. The van der Waals surface area contributed by atoms with Crippen molar-refractivity contribution in [2.24, 2.45) is 5.92 Å². The van der Waals surface area contributed by atoms with Crippen molar-refractivity contribution >= 4 is 11.4 Å². The summed E-state index contributed by atoms with van der Waals surface area (Å²) in [6.45, 7) is 2.17. The third kappa shape index (κ3) is 2.51. The van der Waals surface area contributed by atoms with Crippen LogP contribution in [0.5, 0.6) is 0 Å². The van der Waals surface area contributed by atoms with Gasteiger partial charge in [-0.25, -0.2) is 0 Å². The number of benzene rings is 2. The summed E-state index contributed by atoms with van der Waals surface area (Å²) in [6, 6.07) is 20.3. The molecule has 2 heteroatoms. The number of hydrogen-bond donors (Lipinski definition) is 1. The summed E-state index contributed by atoms with van der Waals surface area (Å²) in [4.78, 5) is 2.56. The smallest absolute Gasteiger partial charge is 0.0605 e. The molecule has 4 rings (SSSR count). The predicted molar refractivity (Wildman–Crippen MR) is 88.7 cm³/mol. The number of anilines is 2. The summed E-state index contributed by atoms with van der Waals surface area (Å²) in [6.07, 6.45) is 4.04. The molecule has 0 spiro atoms. The molecule has 2 nitrogen and oxygen atoms in total. The Labute approximate surface area is 126 Å². The van der Waals surface area contributed by atoms with Gasteiger partial charge in [0.1, 0.15) is 0 Å². The molecule has 2 atom stereocenters. The van der Waals surface area contributed by atoms with Crippen molar-refractivity contribution in [1.82, 2.24) is 0 Å². The van der Waals surface area contributed by atoms with Crippen LogP contribution in [0.2, 0.25) is 0 Å². The van der Waals surface area contributed by atoms with E-state index < -0.39 is 0 Å². The van der Waals surface area contributed by atoms with Crippen molar-refractivity contribution < 1.29 is 0 Å². The number of rotatable bonds is 2. The van der Waals surface area contributed by atoms with E-state index in [1.807, 2.05) is 0 Å². The summed E-state index contributed by atoms with van der Waals surface area (Å²) in [5.74, 6) is 0.779. The fourth-order valence-electron chi connectivity index (χ4n) is 3.85. The highest BCUT2D eigenvalue weighted by atomic mass is 15.2. The highest BCUT2D eigenvalue weighted by Crippen LogP contribution is 2.38. The second-order valence-corrected chi connectivity index (χ2v) is 6.33. The topological polar surface area (TPSA) is 15.3 Å². The molecular weight excluding hydrogens is 256 g/mol. The first-order valence-corrected chi connectivity index (χ1v) is 8.04. The average molecular weight is 278 g/mol. The van der Waals surface area contributed by atoms with Crippen LogP contribution >= 0.6 is 0 Å². The van der Waals surface area contributed by atoms with Crippen LogP contribution in [0, 0.1) is 5.92 Å². The molecule has 0 saturated heterocycles. The summed E-state index contributed by atoms with van der Waals surface area (Å²) in [5.41, 5.74) is 4.06. The minimum Gasteiger partial charge on any atom is -0.380 e. The van der Waals surface area contributed by atoms with E-state index in [2.05, 4.69) is 64.8 Å². The molecule has 1 heterocycles. The lowest BCUT2D eigenvalue weighted by Gasteiger charge is -2.27. The number of nitrogens with zero attached hydrogens (tertiary/aromatic N) is 1. The van der Waals surface area contributed by atoms with Crippen LogP contribution in [-0.2, 0) is 6.54 Å². The molecule has 1 saturated carbocycles. The maximum Gasteiger partial charge on any atom is 0.0605 e. The Morgan fingerprint density at radius 1 is 0.952 bits per heavy atom. The number of nitrogens with one attached hydrogen (secondary N) is 1. The molecule has 2 aromatic carbocycles. The molecule has 2 aliphatic rings. The quantitative estimate of drug-likeness (QED) is 0.881. The lowest BCUT2D eigenvalue weighted by molar-refractivity contribution is 0.501. The van der Waals surface area contributed by atoms with Gasteiger partial charge in [-0.1, -0.05) is 48.9 Å². The number of fused-ring (bicyclic) bond motifs is 2. The first kappa shape index (κ1) is 12.8. The standard InChI is InChI=1S/C19H22N2/c1-2-7-15(8-3-1)13-21-14-16-9-6-11-17(16)20-18-10-4-5-12-19(18)21/h1-5,7-8,10,12,16-17,20H,6,9,11,13-14H2/t16-,17-/m1/s1. The lowest BCUT2D eigenvalue weighted by atomic mass is 10.0. The third-order valence-electron chi connectivity index (χ3n) is 4.92. The minimum absolute atomic E-state index is 0.659. The van der Waals surface area contributed by atoms with E-state index in [0.29, 0.717) is 6.04 Å². The van der Waals surface area contributed by atoms with Crippen molar-refractivity contribution in [3.8, 4) is 0 Å². The lowest BCUT2D eigenvalue weighted by Crippen LogP contribution is -2.31. The Kier molecular flexibility index (Phi) is 3.30. The van der Waals surface area contributed by atoms with Gasteiger partial charge in [-0.05, 0) is 36.5 Å². The van der Waals surface area contributed by atoms with Gasteiger partial charge in [0.2, 0.25) is 0 Å². The Bertz CT molecular complexity index is 608. The van der Waals surface area contributed by atoms with Crippen molar-refractivity contribution in [2.45, 2.75) is 31.8 Å². The fraction of sp³-hybridized carbons (Fsp3) is 0.368. The van der Waals surface area contributed by atoms with Crippen LogP contribution in [0.3, 0.4) is 0 Å². The van der Waals surface area contributed by atoms with Crippen molar-refractivity contribution in [3.05, 3.63) is 60.2 Å². The van der Waals surface area contributed by atoms with Crippen LogP contribution in [0.25, 0.3) is 0 Å². The summed E-state index contributed by atoms with van der Waals surface area (Å²) >= 11 is 0. The van der Waals surface area contributed by atoms with E-state index in [1.54, 1.807) is 0 Å². The summed E-state index contributed by atoms with van der Waals surface area (Å²) < 4.78 is 0. The molecule has 2 aromatic rings. The Morgan fingerprint density at radius 2 is 1.76 bits per heavy atom. The summed E-state index contributed by atoms with van der Waals surface area (Å²) in [5, 5.41) is 3.80. The van der Waals surface area contributed by atoms with Crippen LogP contribution < -0.4 is 10.2 Å². The Balaban J connectivity index is 1.67. The van der Waals surface area contributed by atoms with Gasteiger partial charge in [-0.15, -0.1) is 0 Å².